The quantitative estimate of drug-likeness (QED) is 0.173. The van der Waals surface area contributed by atoms with Gasteiger partial charge in [0.05, 0.1) is 12.8 Å². The molecule has 0 spiro atoms. The van der Waals surface area contributed by atoms with Gasteiger partial charge < -0.3 is 27.3 Å². The first-order valence-electron chi connectivity index (χ1n) is 4.65. The molecule has 0 amide bonds. The summed E-state index contributed by atoms with van der Waals surface area (Å²) in [6.45, 7) is 4.45. The molecule has 0 aromatic heterocycles. The molecule has 0 aromatic carbocycles. The second-order valence-corrected chi connectivity index (χ2v) is 3.19. The Morgan fingerprint density at radius 2 is 2.50 bits per heavy atom. The van der Waals surface area contributed by atoms with E-state index in [0.717, 1.165) is 4.90 Å². The van der Waals surface area contributed by atoms with Gasteiger partial charge in [-0.1, -0.05) is 11.7 Å². The van der Waals surface area contributed by atoms with Gasteiger partial charge in [0, 0.05) is 7.05 Å². The average Bonchev–Trinajstić information content (AvgIpc) is 2.57. The van der Waals surface area contributed by atoms with Crippen LogP contribution in [-0.4, -0.2) is 42.9 Å². The van der Waals surface area contributed by atoms with Gasteiger partial charge in [0.1, 0.15) is 12.4 Å². The summed E-state index contributed by atoms with van der Waals surface area (Å²) >= 11 is 0. The highest BCUT2D eigenvalue weighted by Gasteiger charge is 2.27. The van der Waals surface area contributed by atoms with Crippen LogP contribution in [0.1, 0.15) is 0 Å². The van der Waals surface area contributed by atoms with Crippen LogP contribution in [0.2, 0.25) is 0 Å². The SMILES string of the molecule is C=C=CCOC[NH+]1C=CN(C)C1/C=N\O.[Cl-]. The highest BCUT2D eigenvalue weighted by atomic mass is 35.5. The van der Waals surface area contributed by atoms with Crippen molar-refractivity contribution in [1.29, 1.82) is 0 Å². The number of hydrogen-bond acceptors (Lipinski definition) is 4. The number of nitrogens with zero attached hydrogens (tertiary/aromatic N) is 2. The van der Waals surface area contributed by atoms with E-state index in [2.05, 4.69) is 17.5 Å². The summed E-state index contributed by atoms with van der Waals surface area (Å²) in [5.41, 5.74) is 2.63. The van der Waals surface area contributed by atoms with Crippen LogP contribution in [0.25, 0.3) is 0 Å². The largest absolute Gasteiger partial charge is 1.00 e. The summed E-state index contributed by atoms with van der Waals surface area (Å²) in [7, 11) is 1.92. The molecule has 5 nitrogen and oxygen atoms in total. The minimum atomic E-state index is -0.0114. The number of quaternary nitrogens is 1. The van der Waals surface area contributed by atoms with Crippen molar-refractivity contribution < 1.29 is 27.3 Å². The van der Waals surface area contributed by atoms with E-state index in [1.165, 1.54) is 6.21 Å². The molecule has 1 heterocycles. The zero-order chi connectivity index (χ0) is 11.1. The molecule has 0 saturated heterocycles. The summed E-state index contributed by atoms with van der Waals surface area (Å²) in [5, 5.41) is 11.6. The van der Waals surface area contributed by atoms with Crippen LogP contribution in [0.5, 0.6) is 0 Å². The Bertz CT molecular complexity index is 300. The van der Waals surface area contributed by atoms with Gasteiger partial charge >= 0.3 is 0 Å². The van der Waals surface area contributed by atoms with Crippen LogP contribution in [0.4, 0.5) is 0 Å². The fourth-order valence-corrected chi connectivity index (χ4v) is 1.36. The van der Waals surface area contributed by atoms with Gasteiger partial charge in [0.25, 0.3) is 0 Å². The van der Waals surface area contributed by atoms with Crippen LogP contribution in [0, 0.1) is 0 Å². The van der Waals surface area contributed by atoms with Crippen molar-refractivity contribution in [2.75, 3.05) is 20.4 Å². The molecule has 0 aromatic rings. The molecular weight excluding hydrogens is 230 g/mol. The first kappa shape index (κ1) is 14.7. The van der Waals surface area contributed by atoms with Crippen molar-refractivity contribution in [1.82, 2.24) is 4.90 Å². The predicted octanol–water partition coefficient (Wildman–Crippen LogP) is -3.61. The molecule has 1 aliphatic heterocycles. The van der Waals surface area contributed by atoms with Gasteiger partial charge in [-0.25, -0.2) is 0 Å². The number of halogens is 1. The van der Waals surface area contributed by atoms with E-state index in [1.54, 1.807) is 6.08 Å². The van der Waals surface area contributed by atoms with Gasteiger partial charge in [-0.2, -0.15) is 0 Å². The lowest BCUT2D eigenvalue weighted by molar-refractivity contribution is -0.885. The first-order valence-corrected chi connectivity index (χ1v) is 4.65. The highest BCUT2D eigenvalue weighted by Crippen LogP contribution is 1.93. The molecule has 1 rings (SSSR count). The topological polar surface area (TPSA) is 49.5 Å². The molecule has 6 heteroatoms. The van der Waals surface area contributed by atoms with Gasteiger partial charge in [0.2, 0.25) is 6.17 Å². The van der Waals surface area contributed by atoms with Crippen LogP contribution in [-0.2, 0) is 4.74 Å². The summed E-state index contributed by atoms with van der Waals surface area (Å²) in [6, 6.07) is 0. The molecule has 2 atom stereocenters. The summed E-state index contributed by atoms with van der Waals surface area (Å²) in [5.74, 6) is 0. The third kappa shape index (κ3) is 4.08. The second kappa shape index (κ2) is 7.96. The van der Waals surface area contributed by atoms with E-state index in [1.807, 2.05) is 24.3 Å². The lowest BCUT2D eigenvalue weighted by atomic mass is 10.5. The van der Waals surface area contributed by atoms with E-state index >= 15 is 0 Å². The van der Waals surface area contributed by atoms with E-state index in [4.69, 9.17) is 9.94 Å². The van der Waals surface area contributed by atoms with Crippen molar-refractivity contribution in [2.45, 2.75) is 6.17 Å². The number of nitrogens with one attached hydrogen (secondary N) is 1. The van der Waals surface area contributed by atoms with Crippen molar-refractivity contribution in [3.63, 3.8) is 0 Å². The summed E-state index contributed by atoms with van der Waals surface area (Å²) in [4.78, 5) is 3.01. The fraction of sp³-hybridized carbons (Fsp3) is 0.400. The van der Waals surface area contributed by atoms with Crippen molar-refractivity contribution in [3.8, 4) is 0 Å². The van der Waals surface area contributed by atoms with E-state index in [0.29, 0.717) is 13.3 Å². The van der Waals surface area contributed by atoms with Crippen LogP contribution in [0.3, 0.4) is 0 Å². The number of ether oxygens (including phenoxy) is 1. The minimum absolute atomic E-state index is 0. The van der Waals surface area contributed by atoms with Crippen molar-refractivity contribution >= 4 is 6.21 Å². The number of hydrogen-bond donors (Lipinski definition) is 2. The summed E-state index contributed by atoms with van der Waals surface area (Å²) < 4.78 is 5.37. The zero-order valence-electron chi connectivity index (χ0n) is 9.14. The van der Waals surface area contributed by atoms with Gasteiger partial charge in [-0.3, -0.25) is 4.90 Å². The molecule has 0 aliphatic carbocycles. The Kier molecular flexibility index (Phi) is 7.33. The minimum Gasteiger partial charge on any atom is -1.00 e. The normalized spacial score (nSPS) is 23.2. The average molecular weight is 246 g/mol. The molecule has 1 aliphatic rings. The Labute approximate surface area is 101 Å². The van der Waals surface area contributed by atoms with E-state index < -0.39 is 0 Å². The lowest BCUT2D eigenvalue weighted by Crippen LogP contribution is -3.12. The molecule has 0 radical (unpaired) electrons. The van der Waals surface area contributed by atoms with Gasteiger partial charge in [0.15, 0.2) is 6.73 Å². The number of rotatable bonds is 5. The first-order chi connectivity index (χ1) is 7.29. The van der Waals surface area contributed by atoms with E-state index in [9.17, 15) is 0 Å². The molecule has 90 valence electrons. The molecule has 0 saturated carbocycles. The Hall–Kier alpha value is -1.26. The Morgan fingerprint density at radius 3 is 3.12 bits per heavy atom. The maximum Gasteiger partial charge on any atom is 0.209 e. The monoisotopic (exact) mass is 245 g/mol. The van der Waals surface area contributed by atoms with Gasteiger partial charge in [-0.05, 0) is 6.08 Å². The molecule has 0 bridgehead atoms. The third-order valence-electron chi connectivity index (χ3n) is 2.16. The van der Waals surface area contributed by atoms with E-state index in [-0.39, 0.29) is 18.6 Å². The second-order valence-electron chi connectivity index (χ2n) is 3.19. The van der Waals surface area contributed by atoms with Crippen LogP contribution >= 0.6 is 0 Å². The van der Waals surface area contributed by atoms with Crippen molar-refractivity contribution in [2.24, 2.45) is 5.16 Å². The fourth-order valence-electron chi connectivity index (χ4n) is 1.36. The molecule has 2 N–H and O–H groups in total. The molecule has 2 unspecified atom stereocenters. The molecular formula is C10H16ClN3O2. The van der Waals surface area contributed by atoms with Crippen LogP contribution in [0.15, 0.2) is 35.9 Å². The Morgan fingerprint density at radius 1 is 1.75 bits per heavy atom. The molecule has 0 fully saturated rings. The van der Waals surface area contributed by atoms with Crippen molar-refractivity contribution in [3.05, 3.63) is 30.8 Å². The third-order valence-corrected chi connectivity index (χ3v) is 2.16. The maximum atomic E-state index is 8.51. The summed E-state index contributed by atoms with van der Waals surface area (Å²) in [6.07, 6.45) is 7.07. The highest BCUT2D eigenvalue weighted by molar-refractivity contribution is 5.61. The Balaban J connectivity index is 0.00000225. The standard InChI is InChI=1S/C10H15N3O2.ClH/c1-3-4-7-15-9-13-6-5-12(2)10(13)8-11-14;/h4-6,8,10,14H,1,7,9H2,2H3;1H/b11-8-;. The smallest absolute Gasteiger partial charge is 0.209 e. The van der Waals surface area contributed by atoms with Crippen LogP contribution < -0.4 is 17.3 Å². The number of oxime groups is 1. The lowest BCUT2D eigenvalue weighted by Gasteiger charge is -2.20. The zero-order valence-corrected chi connectivity index (χ0v) is 9.89. The van der Waals surface area contributed by atoms with Gasteiger partial charge in [-0.15, -0.1) is 5.73 Å². The maximum absolute atomic E-state index is 8.51. The molecule has 16 heavy (non-hydrogen) atoms. The predicted molar refractivity (Wildman–Crippen MR) is 56.5 cm³/mol.